The third-order valence-corrected chi connectivity index (χ3v) is 18.1. The zero-order chi connectivity index (χ0) is 57.7. The van der Waals surface area contributed by atoms with E-state index in [1.165, 1.54) is 327 Å². The van der Waals surface area contributed by atoms with E-state index in [1.807, 2.05) is 21.1 Å². The van der Waals surface area contributed by atoms with Gasteiger partial charge in [0, 0.05) is 6.42 Å². The number of amides is 1. The number of hydrogen-bond acceptors (Lipinski definition) is 6. The molecule has 0 aliphatic rings. The van der Waals surface area contributed by atoms with Gasteiger partial charge in [0.25, 0.3) is 7.82 Å². The second kappa shape index (κ2) is 62.0. The van der Waals surface area contributed by atoms with Crippen LogP contribution in [0.25, 0.3) is 0 Å². The molecule has 0 aromatic heterocycles. The molecule has 0 saturated heterocycles. The Bertz CT molecular complexity index is 1250. The summed E-state index contributed by atoms with van der Waals surface area (Å²) in [5, 5.41) is 14.1. The number of likely N-dealkylation sites (N-methyl/N-ethyl adjacent to an activating group) is 1. The number of nitrogens with zero attached hydrogens (tertiary/aromatic N) is 1. The highest BCUT2D eigenvalue weighted by Crippen LogP contribution is 2.38. The monoisotopic (exact) mass is 1140 g/mol. The molecular weight excluding hydrogens is 996 g/mol. The van der Waals surface area contributed by atoms with Gasteiger partial charge < -0.3 is 28.8 Å². The van der Waals surface area contributed by atoms with Gasteiger partial charge in [-0.3, -0.25) is 9.36 Å². The van der Waals surface area contributed by atoms with Crippen molar-refractivity contribution in [1.82, 2.24) is 5.32 Å². The summed E-state index contributed by atoms with van der Waals surface area (Å²) < 4.78 is 23.5. The molecule has 0 bridgehead atoms. The van der Waals surface area contributed by atoms with Gasteiger partial charge >= 0.3 is 0 Å². The second-order valence-electron chi connectivity index (χ2n) is 26.3. The van der Waals surface area contributed by atoms with E-state index >= 15 is 0 Å². The molecule has 0 radical (unpaired) electrons. The zero-order valence-corrected chi connectivity index (χ0v) is 55.3. The Hall–Kier alpha value is -0.500. The Kier molecular flexibility index (Phi) is 61.7. The number of quaternary nitrogens is 1. The highest BCUT2D eigenvalue weighted by Gasteiger charge is 2.24. The number of hydrogen-bond donors (Lipinski definition) is 2. The van der Waals surface area contributed by atoms with Crippen LogP contribution in [0.1, 0.15) is 393 Å². The van der Waals surface area contributed by atoms with E-state index < -0.39 is 20.0 Å². The molecule has 0 rings (SSSR count). The minimum absolute atomic E-state index is 0.0169. The summed E-state index contributed by atoms with van der Waals surface area (Å²) in [6.45, 7) is 4.80. The summed E-state index contributed by atoms with van der Waals surface area (Å²) in [6.07, 6.45) is 77.7. The number of carbonyl (C=O) groups is 1. The van der Waals surface area contributed by atoms with Crippen molar-refractivity contribution in [1.29, 1.82) is 0 Å². The van der Waals surface area contributed by atoms with Crippen LogP contribution >= 0.6 is 7.82 Å². The van der Waals surface area contributed by atoms with Crippen LogP contribution in [0.5, 0.6) is 0 Å². The second-order valence-corrected chi connectivity index (χ2v) is 27.7. The van der Waals surface area contributed by atoms with Gasteiger partial charge in [-0.25, -0.2) is 0 Å². The maximum atomic E-state index is 13.0. The normalized spacial score (nSPS) is 13.6. The van der Waals surface area contributed by atoms with Gasteiger partial charge in [-0.1, -0.05) is 373 Å². The average Bonchev–Trinajstić information content (AvgIpc) is 3.42. The van der Waals surface area contributed by atoms with Gasteiger partial charge in [0.05, 0.1) is 39.9 Å². The minimum atomic E-state index is -4.57. The zero-order valence-electron chi connectivity index (χ0n) is 54.4. The lowest BCUT2D eigenvalue weighted by Crippen LogP contribution is -2.46. The van der Waals surface area contributed by atoms with E-state index in [2.05, 4.69) is 19.2 Å². The molecule has 3 unspecified atom stereocenters. The van der Waals surface area contributed by atoms with Crippen molar-refractivity contribution < 1.29 is 32.9 Å². The molecule has 0 saturated carbocycles. The number of phosphoric acid groups is 1. The number of aliphatic hydroxyl groups excluding tert-OH is 1. The lowest BCUT2D eigenvalue weighted by molar-refractivity contribution is -0.870. The maximum Gasteiger partial charge on any atom is 0.268 e. The van der Waals surface area contributed by atoms with E-state index in [0.717, 1.165) is 38.5 Å². The standard InChI is InChI=1S/C70H143N2O6P/c1-6-8-10-12-14-16-18-20-22-24-26-28-29-30-31-32-33-34-35-36-37-38-39-40-41-42-43-44-46-48-50-52-54-56-58-60-62-64-70(74)71-68(67-78-79(75,76)77-66-65-72(3,4)5)69(73)63-61-59-57-55-53-51-49-47-45-27-25-23-21-19-17-15-13-11-9-7-2/h68-69,73H,6-67H2,1-5H3,(H-,71,74,75,76). The first kappa shape index (κ1) is 78.5. The Morgan fingerprint density at radius 1 is 0.392 bits per heavy atom. The van der Waals surface area contributed by atoms with Crippen molar-refractivity contribution in [3.05, 3.63) is 0 Å². The lowest BCUT2D eigenvalue weighted by atomic mass is 10.0. The maximum absolute atomic E-state index is 13.0. The number of phosphoric ester groups is 1. The summed E-state index contributed by atoms with van der Waals surface area (Å²) >= 11 is 0. The van der Waals surface area contributed by atoms with Crippen LogP contribution in [0.3, 0.4) is 0 Å². The van der Waals surface area contributed by atoms with Gasteiger partial charge in [-0.15, -0.1) is 0 Å². The fraction of sp³-hybridized carbons (Fsp3) is 0.986. The fourth-order valence-electron chi connectivity index (χ4n) is 11.5. The van der Waals surface area contributed by atoms with Crippen LogP contribution in [0.15, 0.2) is 0 Å². The van der Waals surface area contributed by atoms with Crippen molar-refractivity contribution in [3.8, 4) is 0 Å². The molecule has 0 spiro atoms. The number of rotatable bonds is 68. The Balaban J connectivity index is 3.88. The van der Waals surface area contributed by atoms with Gasteiger partial charge in [0.2, 0.25) is 5.91 Å². The third-order valence-electron chi connectivity index (χ3n) is 17.1. The number of unbranched alkanes of at least 4 members (excludes halogenated alkanes) is 55. The van der Waals surface area contributed by atoms with Crippen LogP contribution in [-0.4, -0.2) is 68.5 Å². The molecule has 0 aliphatic carbocycles. The topological polar surface area (TPSA) is 108 Å². The summed E-state index contributed by atoms with van der Waals surface area (Å²) in [5.41, 5.74) is 0. The number of nitrogens with one attached hydrogen (secondary N) is 1. The van der Waals surface area contributed by atoms with Crippen LogP contribution in [0, 0.1) is 0 Å². The van der Waals surface area contributed by atoms with E-state index in [-0.39, 0.29) is 19.1 Å². The Morgan fingerprint density at radius 2 is 0.620 bits per heavy atom. The molecule has 2 N–H and O–H groups in total. The lowest BCUT2D eigenvalue weighted by Gasteiger charge is -2.30. The van der Waals surface area contributed by atoms with Crippen LogP contribution in [0.2, 0.25) is 0 Å². The van der Waals surface area contributed by atoms with Crippen LogP contribution < -0.4 is 10.2 Å². The van der Waals surface area contributed by atoms with Crippen LogP contribution in [-0.2, 0) is 18.4 Å². The molecule has 474 valence electrons. The SMILES string of the molecule is CCCCCCCCCCCCCCCCCCCCCCCCCCCCCCCCCCCCCCCC(=O)NC(COP(=O)([O-])OCC[N+](C)(C)C)C(O)CCCCCCCCCCCCCCCCCCCCCC. The van der Waals surface area contributed by atoms with Crippen molar-refractivity contribution in [2.24, 2.45) is 0 Å². The summed E-state index contributed by atoms with van der Waals surface area (Å²) in [5.74, 6) is -0.154. The molecule has 8 nitrogen and oxygen atoms in total. The molecule has 79 heavy (non-hydrogen) atoms. The first-order chi connectivity index (χ1) is 38.5. The molecule has 0 aromatic rings. The molecule has 3 atom stereocenters. The summed E-state index contributed by atoms with van der Waals surface area (Å²) in [7, 11) is 1.33. The van der Waals surface area contributed by atoms with Crippen molar-refractivity contribution >= 4 is 13.7 Å². The number of aliphatic hydroxyl groups is 1. The van der Waals surface area contributed by atoms with E-state index in [4.69, 9.17) is 9.05 Å². The molecular formula is C70H143N2O6P. The van der Waals surface area contributed by atoms with E-state index in [1.54, 1.807) is 0 Å². The Morgan fingerprint density at radius 3 is 0.861 bits per heavy atom. The molecule has 0 heterocycles. The minimum Gasteiger partial charge on any atom is -0.756 e. The quantitative estimate of drug-likeness (QED) is 0.0357. The summed E-state index contributed by atoms with van der Waals surface area (Å²) in [4.78, 5) is 25.6. The summed E-state index contributed by atoms with van der Waals surface area (Å²) in [6, 6.07) is -0.796. The van der Waals surface area contributed by atoms with E-state index in [0.29, 0.717) is 23.9 Å². The van der Waals surface area contributed by atoms with Crippen LogP contribution in [0.4, 0.5) is 0 Å². The molecule has 9 heteroatoms. The molecule has 0 aliphatic heterocycles. The average molecular weight is 1140 g/mol. The van der Waals surface area contributed by atoms with Gasteiger partial charge in [0.15, 0.2) is 0 Å². The van der Waals surface area contributed by atoms with Gasteiger partial charge in [-0.2, -0.15) is 0 Å². The van der Waals surface area contributed by atoms with Crippen molar-refractivity contribution in [2.75, 3.05) is 40.9 Å². The largest absolute Gasteiger partial charge is 0.756 e. The first-order valence-corrected chi connectivity index (χ1v) is 37.3. The highest BCUT2D eigenvalue weighted by atomic mass is 31.2. The third kappa shape index (κ3) is 64.9. The molecule has 0 fully saturated rings. The van der Waals surface area contributed by atoms with Gasteiger partial charge in [-0.05, 0) is 12.8 Å². The van der Waals surface area contributed by atoms with E-state index in [9.17, 15) is 19.4 Å². The molecule has 1 amide bonds. The number of carbonyl (C=O) groups excluding carboxylic acids is 1. The van der Waals surface area contributed by atoms with Crippen molar-refractivity contribution in [2.45, 2.75) is 405 Å². The predicted octanol–water partition coefficient (Wildman–Crippen LogP) is 22.1. The molecule has 0 aromatic carbocycles. The smallest absolute Gasteiger partial charge is 0.268 e. The van der Waals surface area contributed by atoms with Gasteiger partial charge in [0.1, 0.15) is 13.2 Å². The predicted molar refractivity (Wildman–Crippen MR) is 344 cm³/mol. The Labute approximate surface area is 495 Å². The first-order valence-electron chi connectivity index (χ1n) is 35.9. The fourth-order valence-corrected chi connectivity index (χ4v) is 12.2. The highest BCUT2D eigenvalue weighted by molar-refractivity contribution is 7.45. The van der Waals surface area contributed by atoms with Crippen molar-refractivity contribution in [3.63, 3.8) is 0 Å².